The van der Waals surface area contributed by atoms with E-state index in [1.165, 1.54) is 11.3 Å². The number of rotatable bonds is 5. The van der Waals surface area contributed by atoms with Crippen LogP contribution in [0.25, 0.3) is 11.0 Å². The van der Waals surface area contributed by atoms with Gasteiger partial charge in [-0.2, -0.15) is 0 Å². The Kier molecular flexibility index (Phi) is 4.59. The predicted molar refractivity (Wildman–Crippen MR) is 89.1 cm³/mol. The number of thiazole rings is 1. The molecule has 22 heavy (non-hydrogen) atoms. The molecule has 0 fully saturated rings. The zero-order valence-corrected chi connectivity index (χ0v) is 14.4. The maximum Gasteiger partial charge on any atom is 0.311 e. The second-order valence-corrected chi connectivity index (χ2v) is 6.88. The molecule has 3 aromatic rings. The number of nitrogens with zero attached hydrogens (tertiary/aromatic N) is 1. The number of hydrogen-bond acceptors (Lipinski definition) is 5. The highest BCUT2D eigenvalue weighted by molar-refractivity contribution is 9.10. The van der Waals surface area contributed by atoms with Crippen molar-refractivity contribution in [3.8, 4) is 0 Å². The van der Waals surface area contributed by atoms with Crippen LogP contribution in [0.1, 0.15) is 16.5 Å². The molecule has 114 valence electrons. The summed E-state index contributed by atoms with van der Waals surface area (Å²) in [5.74, 6) is 0.551. The van der Waals surface area contributed by atoms with E-state index in [-0.39, 0.29) is 12.4 Å². The first kappa shape index (κ1) is 15.2. The summed E-state index contributed by atoms with van der Waals surface area (Å²) in [6.07, 6.45) is 0.783. The Hall–Kier alpha value is -1.66. The van der Waals surface area contributed by atoms with E-state index in [4.69, 9.17) is 9.15 Å². The van der Waals surface area contributed by atoms with Gasteiger partial charge < -0.3 is 9.15 Å². The Morgan fingerprint density at radius 3 is 3.05 bits per heavy atom. The van der Waals surface area contributed by atoms with Crippen molar-refractivity contribution in [3.05, 3.63) is 50.6 Å². The third-order valence-electron chi connectivity index (χ3n) is 3.13. The molecule has 0 spiro atoms. The fraction of sp³-hybridized carbons (Fsp3) is 0.250. The standard InChI is InChI=1S/C16H14BrNO3S/c1-10-18-13(9-22-10)8-16(19)20-5-4-14-7-11-6-12(17)2-3-15(11)21-14/h2-3,6-7,9H,4-5,8H2,1H3. The first-order chi connectivity index (χ1) is 10.6. The second kappa shape index (κ2) is 6.62. The molecular formula is C16H14BrNO3S. The van der Waals surface area contributed by atoms with Crippen LogP contribution in [0.5, 0.6) is 0 Å². The first-order valence-electron chi connectivity index (χ1n) is 6.85. The van der Waals surface area contributed by atoms with Gasteiger partial charge in [-0.1, -0.05) is 15.9 Å². The molecule has 0 atom stereocenters. The molecule has 1 aromatic carbocycles. The molecule has 0 radical (unpaired) electrons. The van der Waals surface area contributed by atoms with E-state index >= 15 is 0 Å². The van der Waals surface area contributed by atoms with Gasteiger partial charge in [-0.3, -0.25) is 4.79 Å². The summed E-state index contributed by atoms with van der Waals surface area (Å²) in [6, 6.07) is 7.82. The van der Waals surface area contributed by atoms with E-state index < -0.39 is 0 Å². The van der Waals surface area contributed by atoms with Crippen molar-refractivity contribution in [1.29, 1.82) is 0 Å². The quantitative estimate of drug-likeness (QED) is 0.620. The number of aryl methyl sites for hydroxylation is 1. The van der Waals surface area contributed by atoms with E-state index in [1.807, 2.05) is 36.6 Å². The highest BCUT2D eigenvalue weighted by Gasteiger charge is 2.09. The van der Waals surface area contributed by atoms with Crippen molar-refractivity contribution in [1.82, 2.24) is 4.98 Å². The Bertz CT molecular complexity index is 809. The third-order valence-corrected chi connectivity index (χ3v) is 4.45. The molecule has 6 heteroatoms. The molecule has 0 unspecified atom stereocenters. The van der Waals surface area contributed by atoms with Gasteiger partial charge in [0.25, 0.3) is 0 Å². The molecule has 0 aliphatic carbocycles. The Balaban J connectivity index is 1.52. The van der Waals surface area contributed by atoms with Gasteiger partial charge in [-0.25, -0.2) is 4.98 Å². The van der Waals surface area contributed by atoms with Gasteiger partial charge in [0.1, 0.15) is 11.3 Å². The molecule has 0 amide bonds. The number of benzene rings is 1. The maximum absolute atomic E-state index is 11.7. The zero-order chi connectivity index (χ0) is 15.5. The second-order valence-electron chi connectivity index (χ2n) is 4.90. The van der Waals surface area contributed by atoms with Crippen LogP contribution >= 0.6 is 27.3 Å². The molecule has 0 bridgehead atoms. The lowest BCUT2D eigenvalue weighted by Crippen LogP contribution is -2.10. The van der Waals surface area contributed by atoms with Crippen LogP contribution in [0.2, 0.25) is 0 Å². The lowest BCUT2D eigenvalue weighted by atomic mass is 10.2. The number of furan rings is 1. The molecule has 2 heterocycles. The third kappa shape index (κ3) is 3.75. The summed E-state index contributed by atoms with van der Waals surface area (Å²) < 4.78 is 12.0. The Morgan fingerprint density at radius 1 is 1.41 bits per heavy atom. The monoisotopic (exact) mass is 379 g/mol. The summed E-state index contributed by atoms with van der Waals surface area (Å²) in [5.41, 5.74) is 1.60. The topological polar surface area (TPSA) is 52.3 Å². The molecule has 0 N–H and O–H groups in total. The van der Waals surface area contributed by atoms with Gasteiger partial charge in [0.2, 0.25) is 0 Å². The van der Waals surface area contributed by atoms with Gasteiger partial charge in [0.15, 0.2) is 0 Å². The van der Waals surface area contributed by atoms with Crippen molar-refractivity contribution in [2.45, 2.75) is 19.8 Å². The van der Waals surface area contributed by atoms with Gasteiger partial charge in [-0.05, 0) is 31.2 Å². The lowest BCUT2D eigenvalue weighted by molar-refractivity contribution is -0.142. The SMILES string of the molecule is Cc1nc(CC(=O)OCCc2cc3cc(Br)ccc3o2)cs1. The molecule has 0 saturated carbocycles. The van der Waals surface area contributed by atoms with E-state index in [9.17, 15) is 4.79 Å². The predicted octanol–water partition coefficient (Wildman–Crippen LogP) is 4.29. The van der Waals surface area contributed by atoms with Gasteiger partial charge in [-0.15, -0.1) is 11.3 Å². The fourth-order valence-corrected chi connectivity index (χ4v) is 3.14. The summed E-state index contributed by atoms with van der Waals surface area (Å²) in [7, 11) is 0. The van der Waals surface area contributed by atoms with Crippen molar-refractivity contribution in [3.63, 3.8) is 0 Å². The molecule has 0 saturated heterocycles. The number of carbonyl (C=O) groups is 1. The minimum absolute atomic E-state index is 0.220. The Morgan fingerprint density at radius 2 is 2.27 bits per heavy atom. The average molecular weight is 380 g/mol. The normalized spacial score (nSPS) is 11.0. The Labute approximate surface area is 140 Å². The fourth-order valence-electron chi connectivity index (χ4n) is 2.15. The average Bonchev–Trinajstić information content (AvgIpc) is 3.04. The first-order valence-corrected chi connectivity index (χ1v) is 8.52. The van der Waals surface area contributed by atoms with Crippen LogP contribution < -0.4 is 0 Å². The number of fused-ring (bicyclic) bond motifs is 1. The number of ether oxygens (including phenoxy) is 1. The van der Waals surface area contributed by atoms with Gasteiger partial charge in [0.05, 0.1) is 23.7 Å². The number of halogens is 1. The minimum atomic E-state index is -0.260. The maximum atomic E-state index is 11.7. The van der Waals surface area contributed by atoms with E-state index in [0.29, 0.717) is 13.0 Å². The molecular weight excluding hydrogens is 366 g/mol. The highest BCUT2D eigenvalue weighted by Crippen LogP contribution is 2.23. The van der Waals surface area contributed by atoms with Crippen molar-refractivity contribution in [2.75, 3.05) is 6.61 Å². The summed E-state index contributed by atoms with van der Waals surface area (Å²) in [6.45, 7) is 2.22. The minimum Gasteiger partial charge on any atom is -0.465 e. The molecule has 2 aromatic heterocycles. The summed E-state index contributed by atoms with van der Waals surface area (Å²) >= 11 is 4.96. The van der Waals surface area contributed by atoms with Crippen LogP contribution in [0.3, 0.4) is 0 Å². The number of hydrogen-bond donors (Lipinski definition) is 0. The molecule has 3 rings (SSSR count). The number of carbonyl (C=O) groups excluding carboxylic acids is 1. The molecule has 0 aliphatic rings. The highest BCUT2D eigenvalue weighted by atomic mass is 79.9. The zero-order valence-electron chi connectivity index (χ0n) is 12.0. The lowest BCUT2D eigenvalue weighted by Gasteiger charge is -2.01. The van der Waals surface area contributed by atoms with Crippen molar-refractivity contribution in [2.24, 2.45) is 0 Å². The largest absolute Gasteiger partial charge is 0.465 e. The van der Waals surface area contributed by atoms with Crippen molar-refractivity contribution >= 4 is 44.2 Å². The van der Waals surface area contributed by atoms with Crippen LogP contribution in [-0.4, -0.2) is 17.6 Å². The molecule has 4 nitrogen and oxygen atoms in total. The number of esters is 1. The van der Waals surface area contributed by atoms with Gasteiger partial charge in [0, 0.05) is 21.7 Å². The van der Waals surface area contributed by atoms with Gasteiger partial charge >= 0.3 is 5.97 Å². The summed E-state index contributed by atoms with van der Waals surface area (Å²) in [4.78, 5) is 16.0. The van der Waals surface area contributed by atoms with Crippen LogP contribution in [0.4, 0.5) is 0 Å². The summed E-state index contributed by atoms with van der Waals surface area (Å²) in [5, 5.41) is 3.87. The molecule has 0 aliphatic heterocycles. The van der Waals surface area contributed by atoms with E-state index in [1.54, 1.807) is 0 Å². The van der Waals surface area contributed by atoms with Crippen LogP contribution in [0, 0.1) is 6.92 Å². The van der Waals surface area contributed by atoms with E-state index in [2.05, 4.69) is 20.9 Å². The smallest absolute Gasteiger partial charge is 0.311 e. The number of aromatic nitrogens is 1. The van der Waals surface area contributed by atoms with Crippen molar-refractivity contribution < 1.29 is 13.9 Å². The van der Waals surface area contributed by atoms with Crippen LogP contribution in [0.15, 0.2) is 38.5 Å². The van der Waals surface area contributed by atoms with Crippen LogP contribution in [-0.2, 0) is 22.4 Å². The van der Waals surface area contributed by atoms with E-state index in [0.717, 1.165) is 31.9 Å².